The van der Waals surface area contributed by atoms with Crippen molar-refractivity contribution in [1.29, 1.82) is 0 Å². The van der Waals surface area contributed by atoms with Crippen molar-refractivity contribution in [2.24, 2.45) is 0 Å². The van der Waals surface area contributed by atoms with E-state index in [-0.39, 0.29) is 17.9 Å². The molecule has 0 bridgehead atoms. The van der Waals surface area contributed by atoms with Gasteiger partial charge in [-0.05, 0) is 35.9 Å². The zero-order valence-corrected chi connectivity index (χ0v) is 17.7. The van der Waals surface area contributed by atoms with E-state index in [1.165, 1.54) is 7.11 Å². The highest BCUT2D eigenvalue weighted by molar-refractivity contribution is 6.36. The molecule has 0 saturated carbocycles. The molecule has 29 heavy (non-hydrogen) atoms. The van der Waals surface area contributed by atoms with Gasteiger partial charge >= 0.3 is 0 Å². The lowest BCUT2D eigenvalue weighted by Gasteiger charge is -2.18. The molecule has 4 aromatic rings. The van der Waals surface area contributed by atoms with Gasteiger partial charge in [0.15, 0.2) is 5.75 Å². The van der Waals surface area contributed by atoms with Crippen LogP contribution in [-0.2, 0) is 6.54 Å². The molecular weight excluding hydrogens is 429 g/mol. The fourth-order valence-corrected chi connectivity index (χ4v) is 4.17. The van der Waals surface area contributed by atoms with Crippen LogP contribution in [0.15, 0.2) is 71.5 Å². The summed E-state index contributed by atoms with van der Waals surface area (Å²) < 4.78 is 7.19. The summed E-state index contributed by atoms with van der Waals surface area (Å²) in [5, 5.41) is 2.37. The predicted octanol–water partition coefficient (Wildman–Crippen LogP) is 6.69. The summed E-state index contributed by atoms with van der Waals surface area (Å²) in [7, 11) is 1.49. The van der Waals surface area contributed by atoms with E-state index in [9.17, 15) is 4.79 Å². The van der Waals surface area contributed by atoms with Crippen LogP contribution in [-0.4, -0.2) is 11.7 Å². The first-order valence-electron chi connectivity index (χ1n) is 8.89. The molecule has 3 nitrogen and oxygen atoms in total. The normalized spacial score (nSPS) is 11.0. The van der Waals surface area contributed by atoms with Gasteiger partial charge in [-0.15, -0.1) is 0 Å². The molecule has 146 valence electrons. The van der Waals surface area contributed by atoms with E-state index in [2.05, 4.69) is 0 Å². The number of halogens is 3. The maximum atomic E-state index is 13.4. The lowest BCUT2D eigenvalue weighted by atomic mass is 9.99. The van der Waals surface area contributed by atoms with E-state index in [4.69, 9.17) is 39.5 Å². The Balaban J connectivity index is 2.08. The van der Waals surface area contributed by atoms with Gasteiger partial charge in [-0.1, -0.05) is 71.2 Å². The van der Waals surface area contributed by atoms with Crippen molar-refractivity contribution >= 4 is 45.7 Å². The largest absolute Gasteiger partial charge is 0.491 e. The quantitative estimate of drug-likeness (QED) is 0.351. The van der Waals surface area contributed by atoms with Crippen molar-refractivity contribution in [2.45, 2.75) is 6.54 Å². The zero-order chi connectivity index (χ0) is 20.5. The monoisotopic (exact) mass is 443 g/mol. The molecule has 0 unspecified atom stereocenters. The first-order chi connectivity index (χ1) is 14.0. The second-order valence-corrected chi connectivity index (χ2v) is 7.78. The van der Waals surface area contributed by atoms with Crippen LogP contribution in [0.1, 0.15) is 5.56 Å². The average Bonchev–Trinajstić information content (AvgIpc) is 2.72. The van der Waals surface area contributed by atoms with Crippen molar-refractivity contribution in [3.63, 3.8) is 0 Å². The van der Waals surface area contributed by atoms with Crippen molar-refractivity contribution in [2.75, 3.05) is 7.11 Å². The Kier molecular flexibility index (Phi) is 5.55. The molecule has 0 saturated heterocycles. The Morgan fingerprint density at radius 2 is 1.59 bits per heavy atom. The number of fused-ring (bicyclic) bond motifs is 1. The number of aromatic nitrogens is 1. The van der Waals surface area contributed by atoms with Gasteiger partial charge in [0.25, 0.3) is 5.56 Å². The summed E-state index contributed by atoms with van der Waals surface area (Å²) in [4.78, 5) is 13.4. The zero-order valence-electron chi connectivity index (χ0n) is 15.5. The molecule has 0 aliphatic carbocycles. The Bertz CT molecular complexity index is 1250. The Hall–Kier alpha value is -2.46. The van der Waals surface area contributed by atoms with Crippen LogP contribution in [0.4, 0.5) is 0 Å². The minimum absolute atomic E-state index is 0.209. The van der Waals surface area contributed by atoms with E-state index >= 15 is 0 Å². The summed E-state index contributed by atoms with van der Waals surface area (Å²) in [5.41, 5.74) is 2.70. The molecular formula is C23H16Cl3NO2. The maximum Gasteiger partial charge on any atom is 0.294 e. The molecule has 0 radical (unpaired) electrons. The van der Waals surface area contributed by atoms with E-state index in [0.29, 0.717) is 26.2 Å². The average molecular weight is 445 g/mol. The lowest BCUT2D eigenvalue weighted by Crippen LogP contribution is -2.23. The molecule has 0 amide bonds. The number of benzene rings is 3. The summed E-state index contributed by atoms with van der Waals surface area (Å²) >= 11 is 19.0. The van der Waals surface area contributed by atoms with Crippen LogP contribution in [0.5, 0.6) is 5.75 Å². The van der Waals surface area contributed by atoms with Gasteiger partial charge in [0.1, 0.15) is 0 Å². The number of methoxy groups -OCH3 is 1. The summed E-state index contributed by atoms with van der Waals surface area (Å²) in [5.74, 6) is 0.245. The van der Waals surface area contributed by atoms with Gasteiger partial charge in [0.2, 0.25) is 0 Å². The fourth-order valence-electron chi connectivity index (χ4n) is 3.48. The van der Waals surface area contributed by atoms with Gasteiger partial charge < -0.3 is 9.30 Å². The van der Waals surface area contributed by atoms with Gasteiger partial charge in [-0.25, -0.2) is 0 Å². The Morgan fingerprint density at radius 3 is 2.24 bits per heavy atom. The number of nitrogens with zero attached hydrogens (tertiary/aromatic N) is 1. The van der Waals surface area contributed by atoms with Crippen molar-refractivity contribution in [3.05, 3.63) is 97.7 Å². The standard InChI is InChI=1S/C23H16Cl3NO2/c1-29-22-21(14-6-3-2-4-7-14)16-12-15(24)10-11-20(16)27(23(22)28)13-17-18(25)8-5-9-19(17)26/h2-12H,13H2,1H3. The van der Waals surface area contributed by atoms with Crippen LogP contribution < -0.4 is 10.3 Å². The number of hydrogen-bond donors (Lipinski definition) is 0. The molecule has 3 aromatic carbocycles. The lowest BCUT2D eigenvalue weighted by molar-refractivity contribution is 0.407. The van der Waals surface area contributed by atoms with Crippen molar-refractivity contribution in [3.8, 4) is 16.9 Å². The molecule has 0 fully saturated rings. The fraction of sp³-hybridized carbons (Fsp3) is 0.0870. The van der Waals surface area contributed by atoms with Crippen LogP contribution in [0, 0.1) is 0 Å². The Labute approximate surface area is 183 Å². The topological polar surface area (TPSA) is 31.2 Å². The molecule has 1 heterocycles. The number of hydrogen-bond acceptors (Lipinski definition) is 2. The van der Waals surface area contributed by atoms with Crippen LogP contribution >= 0.6 is 34.8 Å². The Morgan fingerprint density at radius 1 is 0.897 bits per heavy atom. The van der Waals surface area contributed by atoms with Gasteiger partial charge in [-0.2, -0.15) is 0 Å². The molecule has 0 atom stereocenters. The highest BCUT2D eigenvalue weighted by Crippen LogP contribution is 2.36. The molecule has 0 spiro atoms. The minimum atomic E-state index is -0.267. The summed E-state index contributed by atoms with van der Waals surface area (Å²) in [6.45, 7) is 0.209. The van der Waals surface area contributed by atoms with E-state index < -0.39 is 0 Å². The van der Waals surface area contributed by atoms with Gasteiger partial charge in [0, 0.05) is 31.6 Å². The van der Waals surface area contributed by atoms with Crippen LogP contribution in [0.25, 0.3) is 22.0 Å². The van der Waals surface area contributed by atoms with Gasteiger partial charge in [0.05, 0.1) is 19.2 Å². The first-order valence-corrected chi connectivity index (χ1v) is 10.0. The highest BCUT2D eigenvalue weighted by Gasteiger charge is 2.20. The van der Waals surface area contributed by atoms with E-state index in [0.717, 1.165) is 16.5 Å². The summed E-state index contributed by atoms with van der Waals surface area (Å²) in [6.07, 6.45) is 0. The van der Waals surface area contributed by atoms with Crippen molar-refractivity contribution in [1.82, 2.24) is 4.57 Å². The highest BCUT2D eigenvalue weighted by atomic mass is 35.5. The number of ether oxygens (including phenoxy) is 1. The van der Waals surface area contributed by atoms with Crippen LogP contribution in [0.2, 0.25) is 15.1 Å². The van der Waals surface area contributed by atoms with Crippen LogP contribution in [0.3, 0.4) is 0 Å². The second-order valence-electron chi connectivity index (χ2n) is 6.53. The van der Waals surface area contributed by atoms with E-state index in [1.807, 2.05) is 42.5 Å². The third-order valence-corrected chi connectivity index (χ3v) is 5.77. The second kappa shape index (κ2) is 8.11. The minimum Gasteiger partial charge on any atom is -0.491 e. The molecule has 0 aliphatic rings. The maximum absolute atomic E-state index is 13.4. The number of pyridine rings is 1. The molecule has 1 aromatic heterocycles. The molecule has 6 heteroatoms. The summed E-state index contributed by atoms with van der Waals surface area (Å²) in [6, 6.07) is 20.3. The molecule has 0 N–H and O–H groups in total. The van der Waals surface area contributed by atoms with Gasteiger partial charge in [-0.3, -0.25) is 4.79 Å². The number of rotatable bonds is 4. The third kappa shape index (κ3) is 3.62. The third-order valence-electron chi connectivity index (χ3n) is 4.83. The first kappa shape index (κ1) is 19.8. The SMILES string of the molecule is COc1c(-c2ccccc2)c2cc(Cl)ccc2n(Cc2c(Cl)cccc2Cl)c1=O. The van der Waals surface area contributed by atoms with Crippen molar-refractivity contribution < 1.29 is 4.74 Å². The predicted molar refractivity (Wildman–Crippen MR) is 121 cm³/mol. The molecule has 0 aliphatic heterocycles. The smallest absolute Gasteiger partial charge is 0.294 e. The van der Waals surface area contributed by atoms with E-state index in [1.54, 1.807) is 28.8 Å². The molecule has 4 rings (SSSR count).